The van der Waals surface area contributed by atoms with Crippen molar-refractivity contribution in [3.05, 3.63) is 40.9 Å². The van der Waals surface area contributed by atoms with Gasteiger partial charge in [-0.15, -0.1) is 0 Å². The normalized spacial score (nSPS) is 18.4. The number of benzene rings is 1. The fourth-order valence-electron chi connectivity index (χ4n) is 3.98. The van der Waals surface area contributed by atoms with E-state index in [2.05, 4.69) is 10.0 Å². The Labute approximate surface area is 218 Å². The zero-order chi connectivity index (χ0) is 28.2. The molecule has 1 atom stereocenters. The molecule has 17 heteroatoms. The Morgan fingerprint density at radius 1 is 1.24 bits per heavy atom. The minimum absolute atomic E-state index is 0.133. The lowest BCUT2D eigenvalue weighted by atomic mass is 9.92. The molecule has 2 aromatic rings. The van der Waals surface area contributed by atoms with Crippen molar-refractivity contribution < 1.29 is 45.1 Å². The van der Waals surface area contributed by atoms with Gasteiger partial charge in [0.05, 0.1) is 5.02 Å². The van der Waals surface area contributed by atoms with Gasteiger partial charge in [0.15, 0.2) is 11.4 Å². The molecule has 0 saturated carbocycles. The minimum atomic E-state index is -4.75. The number of hydrogen-bond acceptors (Lipinski definition) is 6. The molecule has 2 aliphatic rings. The van der Waals surface area contributed by atoms with Gasteiger partial charge in [-0.05, 0) is 25.1 Å². The number of nitrogens with zero attached hydrogens (tertiary/aromatic N) is 2. The maximum Gasteiger partial charge on any atom is 0.408 e. The van der Waals surface area contributed by atoms with Crippen LogP contribution >= 0.6 is 11.6 Å². The number of carbonyl (C=O) groups excluding carboxylic acids is 3. The molecule has 0 aliphatic carbocycles. The molecule has 1 saturated heterocycles. The van der Waals surface area contributed by atoms with Gasteiger partial charge in [-0.25, -0.2) is 12.8 Å². The zero-order valence-corrected chi connectivity index (χ0v) is 21.2. The molecular weight excluding hydrogens is 562 g/mol. The van der Waals surface area contributed by atoms with E-state index in [1.165, 1.54) is 17.7 Å². The van der Waals surface area contributed by atoms with Crippen LogP contribution in [0.5, 0.6) is 5.75 Å². The highest BCUT2D eigenvalue weighted by Crippen LogP contribution is 2.37. The van der Waals surface area contributed by atoms with Crippen molar-refractivity contribution >= 4 is 45.0 Å². The first-order chi connectivity index (χ1) is 17.5. The second kappa shape index (κ2) is 9.43. The number of fused-ring (bicyclic) bond motifs is 1. The van der Waals surface area contributed by atoms with E-state index in [0.717, 1.165) is 23.2 Å². The highest BCUT2D eigenvalue weighted by molar-refractivity contribution is 7.89. The summed E-state index contributed by atoms with van der Waals surface area (Å²) in [4.78, 5) is 37.7. The number of hydrogen-bond donors (Lipinski definition) is 3. The largest absolute Gasteiger partial charge is 0.488 e. The number of aryl methyl sites for hydroxylation is 1. The minimum Gasteiger partial charge on any atom is -0.488 e. The van der Waals surface area contributed by atoms with Crippen molar-refractivity contribution in [3.63, 3.8) is 0 Å². The number of rotatable bonds is 3. The lowest BCUT2D eigenvalue weighted by molar-refractivity contribution is -0.164. The first kappa shape index (κ1) is 27.7. The molecule has 4 rings (SSSR count). The smallest absolute Gasteiger partial charge is 0.408 e. The number of nitrogens with one attached hydrogen (secondary N) is 3. The Kier molecular flexibility index (Phi) is 6.86. The average molecular weight is 582 g/mol. The quantitative estimate of drug-likeness (QED) is 0.370. The standard InChI is InChI=1S/C21H20ClF4N5O6S/c1-10(21(24,25)26)27-18(33)19(34)31-7-20(8-31)9-37-16-14(38(35,36)29-20)6-30(2)15(16)17(32)28-11-3-4-13(23)12(22)5-11/h3-6,10,29H,7-9H2,1-2H3,(H,27,33)(H,28,32). The SMILES string of the molecule is CC(NC(=O)C(=O)N1CC2(COc3c(cn(C)c3C(=O)Nc3ccc(F)c(Cl)c3)S(=O)(=O)N2)C1)C(F)(F)F. The second-order valence-corrected chi connectivity index (χ2v) is 11.0. The maximum atomic E-state index is 13.4. The lowest BCUT2D eigenvalue weighted by Gasteiger charge is -2.48. The van der Waals surface area contributed by atoms with Crippen LogP contribution < -0.4 is 20.1 Å². The summed E-state index contributed by atoms with van der Waals surface area (Å²) in [6.07, 6.45) is -3.62. The number of carbonyl (C=O) groups is 3. The van der Waals surface area contributed by atoms with Crippen LogP contribution in [0.25, 0.3) is 0 Å². The van der Waals surface area contributed by atoms with Crippen LogP contribution in [-0.4, -0.2) is 73.1 Å². The summed E-state index contributed by atoms with van der Waals surface area (Å²) < 4.78 is 86.9. The Hall–Kier alpha value is -3.37. The van der Waals surface area contributed by atoms with Crippen molar-refractivity contribution in [3.8, 4) is 5.75 Å². The molecule has 1 aromatic carbocycles. The van der Waals surface area contributed by atoms with Crippen LogP contribution in [0.4, 0.5) is 23.2 Å². The molecule has 3 heterocycles. The zero-order valence-electron chi connectivity index (χ0n) is 19.7. The van der Waals surface area contributed by atoms with Gasteiger partial charge >= 0.3 is 18.0 Å². The highest BCUT2D eigenvalue weighted by Gasteiger charge is 2.53. The van der Waals surface area contributed by atoms with E-state index in [1.54, 1.807) is 5.32 Å². The van der Waals surface area contributed by atoms with Crippen molar-refractivity contribution in [2.24, 2.45) is 7.05 Å². The van der Waals surface area contributed by atoms with E-state index < -0.39 is 51.3 Å². The lowest BCUT2D eigenvalue weighted by Crippen LogP contribution is -2.74. The number of anilines is 1. The molecule has 0 bridgehead atoms. The maximum absolute atomic E-state index is 13.4. The summed E-state index contributed by atoms with van der Waals surface area (Å²) in [6, 6.07) is 1.18. The number of likely N-dealkylation sites (tertiary alicyclic amines) is 1. The molecule has 1 spiro atoms. The Bertz CT molecular complexity index is 1440. The fourth-order valence-corrected chi connectivity index (χ4v) is 5.73. The molecule has 11 nitrogen and oxygen atoms in total. The van der Waals surface area contributed by atoms with Gasteiger partial charge in [0.25, 0.3) is 5.91 Å². The number of alkyl halides is 3. The third-order valence-corrected chi connectivity index (χ3v) is 7.80. The monoisotopic (exact) mass is 581 g/mol. The number of ether oxygens (including phenoxy) is 1. The van der Waals surface area contributed by atoms with Gasteiger partial charge in [-0.2, -0.15) is 17.9 Å². The summed E-state index contributed by atoms with van der Waals surface area (Å²) in [5.74, 6) is -4.55. The van der Waals surface area contributed by atoms with Crippen molar-refractivity contribution in [1.29, 1.82) is 0 Å². The highest BCUT2D eigenvalue weighted by atomic mass is 35.5. The van der Waals surface area contributed by atoms with Crippen molar-refractivity contribution in [2.45, 2.75) is 29.6 Å². The first-order valence-electron chi connectivity index (χ1n) is 10.8. The van der Waals surface area contributed by atoms with E-state index in [-0.39, 0.29) is 46.7 Å². The van der Waals surface area contributed by atoms with Crippen LogP contribution in [0.3, 0.4) is 0 Å². The van der Waals surface area contributed by atoms with Crippen LogP contribution in [0.15, 0.2) is 29.3 Å². The van der Waals surface area contributed by atoms with Gasteiger partial charge in [0.1, 0.15) is 28.9 Å². The van der Waals surface area contributed by atoms with Crippen LogP contribution in [0.2, 0.25) is 5.02 Å². The Morgan fingerprint density at radius 3 is 2.50 bits per heavy atom. The number of amides is 3. The summed E-state index contributed by atoms with van der Waals surface area (Å²) in [6.45, 7) is -0.433. The fraction of sp³-hybridized carbons (Fsp3) is 0.381. The molecule has 0 radical (unpaired) electrons. The van der Waals surface area contributed by atoms with Gasteiger partial charge in [0, 0.05) is 32.0 Å². The van der Waals surface area contributed by atoms with Crippen LogP contribution in [0, 0.1) is 5.82 Å². The molecule has 206 valence electrons. The number of sulfonamides is 1. The summed E-state index contributed by atoms with van der Waals surface area (Å²) in [5, 5.41) is 3.78. The molecule has 1 aromatic heterocycles. The van der Waals surface area contributed by atoms with Gasteiger partial charge < -0.3 is 24.8 Å². The van der Waals surface area contributed by atoms with Gasteiger partial charge in [-0.1, -0.05) is 11.6 Å². The Balaban J connectivity index is 1.50. The van der Waals surface area contributed by atoms with Crippen molar-refractivity contribution in [2.75, 3.05) is 25.0 Å². The van der Waals surface area contributed by atoms with E-state index in [4.69, 9.17) is 16.3 Å². The molecule has 1 fully saturated rings. The summed E-state index contributed by atoms with van der Waals surface area (Å²) in [5.41, 5.74) is -1.45. The van der Waals surface area contributed by atoms with Gasteiger partial charge in [-0.3, -0.25) is 14.4 Å². The molecule has 3 amide bonds. The molecule has 2 aliphatic heterocycles. The third kappa shape index (κ3) is 5.15. The topological polar surface area (TPSA) is 139 Å². The summed E-state index contributed by atoms with van der Waals surface area (Å²) >= 11 is 5.73. The Morgan fingerprint density at radius 2 is 1.89 bits per heavy atom. The van der Waals surface area contributed by atoms with E-state index >= 15 is 0 Å². The predicted molar refractivity (Wildman–Crippen MR) is 124 cm³/mol. The van der Waals surface area contributed by atoms with Crippen molar-refractivity contribution in [1.82, 2.24) is 19.5 Å². The summed E-state index contributed by atoms with van der Waals surface area (Å²) in [7, 11) is -2.91. The second-order valence-electron chi connectivity index (χ2n) is 8.94. The number of aromatic nitrogens is 1. The molecule has 1 unspecified atom stereocenters. The molecule has 3 N–H and O–H groups in total. The average Bonchev–Trinajstić information content (AvgIpc) is 3.08. The van der Waals surface area contributed by atoms with E-state index in [0.29, 0.717) is 6.92 Å². The van der Waals surface area contributed by atoms with Crippen LogP contribution in [0.1, 0.15) is 17.4 Å². The van der Waals surface area contributed by atoms with E-state index in [1.807, 2.05) is 0 Å². The third-order valence-electron chi connectivity index (χ3n) is 5.94. The van der Waals surface area contributed by atoms with Crippen LogP contribution in [-0.2, 0) is 26.7 Å². The first-order valence-corrected chi connectivity index (χ1v) is 12.7. The van der Waals surface area contributed by atoms with E-state index in [9.17, 15) is 40.4 Å². The molecule has 38 heavy (non-hydrogen) atoms. The van der Waals surface area contributed by atoms with Gasteiger partial charge in [0.2, 0.25) is 10.0 Å². The molecular formula is C21H20ClF4N5O6S. The number of halogens is 5. The predicted octanol–water partition coefficient (Wildman–Crippen LogP) is 1.39.